The van der Waals surface area contributed by atoms with E-state index in [0.29, 0.717) is 5.92 Å². The van der Waals surface area contributed by atoms with E-state index in [2.05, 4.69) is 54.3 Å². The third-order valence-electron chi connectivity index (χ3n) is 2.62. The van der Waals surface area contributed by atoms with E-state index in [4.69, 9.17) is 0 Å². The third kappa shape index (κ3) is 2.46. The van der Waals surface area contributed by atoms with Crippen molar-refractivity contribution in [2.45, 2.75) is 13.5 Å². The van der Waals surface area contributed by atoms with Crippen LogP contribution in [0.2, 0.25) is 0 Å². The molecule has 1 unspecified atom stereocenters. The lowest BCUT2D eigenvalue weighted by Gasteiger charge is -2.26. The molecule has 1 nitrogen and oxygen atoms in total. The number of nitrogens with zero attached hydrogens (tertiary/aromatic N) is 1. The van der Waals surface area contributed by atoms with Crippen LogP contribution in [-0.4, -0.2) is 18.0 Å². The van der Waals surface area contributed by atoms with Gasteiger partial charge >= 0.3 is 0 Å². The van der Waals surface area contributed by atoms with Gasteiger partial charge < -0.3 is 0 Å². The molecule has 1 aromatic carbocycles. The van der Waals surface area contributed by atoms with Crippen molar-refractivity contribution >= 4 is 0 Å². The predicted molar refractivity (Wildman–Crippen MR) is 60.0 cm³/mol. The van der Waals surface area contributed by atoms with Crippen molar-refractivity contribution in [3.05, 3.63) is 48.0 Å². The number of benzene rings is 1. The molecule has 1 aromatic rings. The van der Waals surface area contributed by atoms with E-state index in [9.17, 15) is 0 Å². The van der Waals surface area contributed by atoms with Crippen LogP contribution in [0.1, 0.15) is 12.5 Å². The van der Waals surface area contributed by atoms with Gasteiger partial charge in [0.05, 0.1) is 0 Å². The zero-order valence-electron chi connectivity index (χ0n) is 8.69. The maximum absolute atomic E-state index is 2.49. The van der Waals surface area contributed by atoms with E-state index < -0.39 is 0 Å². The van der Waals surface area contributed by atoms with E-state index in [1.807, 2.05) is 0 Å². The average Bonchev–Trinajstić information content (AvgIpc) is 2.19. The van der Waals surface area contributed by atoms with Gasteiger partial charge in [-0.15, -0.1) is 0 Å². The van der Waals surface area contributed by atoms with Crippen LogP contribution in [0, 0.1) is 5.92 Å². The van der Waals surface area contributed by atoms with E-state index in [1.54, 1.807) is 0 Å². The summed E-state index contributed by atoms with van der Waals surface area (Å²) in [5.41, 5.74) is 1.41. The first-order valence-electron chi connectivity index (χ1n) is 5.27. The third-order valence-corrected chi connectivity index (χ3v) is 2.62. The molecule has 0 bridgehead atoms. The lowest BCUT2D eigenvalue weighted by atomic mass is 10.1. The number of rotatable bonds is 2. The van der Waals surface area contributed by atoms with Gasteiger partial charge in [0.25, 0.3) is 0 Å². The summed E-state index contributed by atoms with van der Waals surface area (Å²) < 4.78 is 0. The van der Waals surface area contributed by atoms with Crippen LogP contribution in [-0.2, 0) is 6.54 Å². The molecule has 0 aliphatic carbocycles. The maximum atomic E-state index is 2.49. The standard InChI is InChI=1S/C13H17N/c1-12-6-5-9-14(10-12)11-13-7-3-2-4-8-13/h2-8,12H,9-11H2,1H3. The summed E-state index contributed by atoms with van der Waals surface area (Å²) in [5.74, 6) is 0.701. The molecule has 2 rings (SSSR count). The molecular formula is C13H17N. The molecule has 0 fully saturated rings. The summed E-state index contributed by atoms with van der Waals surface area (Å²) in [4.78, 5) is 2.49. The molecule has 14 heavy (non-hydrogen) atoms. The maximum Gasteiger partial charge on any atom is 0.0237 e. The van der Waals surface area contributed by atoms with Crippen molar-refractivity contribution in [1.29, 1.82) is 0 Å². The second-order valence-electron chi connectivity index (χ2n) is 4.09. The first kappa shape index (κ1) is 9.47. The smallest absolute Gasteiger partial charge is 0.0237 e. The van der Waals surface area contributed by atoms with E-state index in [1.165, 1.54) is 12.1 Å². The van der Waals surface area contributed by atoms with Crippen LogP contribution >= 0.6 is 0 Å². The fourth-order valence-corrected chi connectivity index (χ4v) is 1.96. The Hall–Kier alpha value is -1.08. The lowest BCUT2D eigenvalue weighted by Crippen LogP contribution is -2.30. The first-order valence-corrected chi connectivity index (χ1v) is 5.27. The molecule has 1 aliphatic heterocycles. The van der Waals surface area contributed by atoms with Gasteiger partial charge in [-0.2, -0.15) is 0 Å². The molecule has 0 N–H and O–H groups in total. The van der Waals surface area contributed by atoms with Gasteiger partial charge in [-0.3, -0.25) is 4.90 Å². The van der Waals surface area contributed by atoms with Crippen LogP contribution in [0.4, 0.5) is 0 Å². The Morgan fingerprint density at radius 3 is 2.79 bits per heavy atom. The SMILES string of the molecule is CC1C=CCN(Cc2ccccc2)C1. The van der Waals surface area contributed by atoms with Crippen molar-refractivity contribution in [2.75, 3.05) is 13.1 Å². The highest BCUT2D eigenvalue weighted by molar-refractivity contribution is 5.15. The van der Waals surface area contributed by atoms with E-state index in [0.717, 1.165) is 13.1 Å². The van der Waals surface area contributed by atoms with Crippen molar-refractivity contribution < 1.29 is 0 Å². The number of hydrogen-bond acceptors (Lipinski definition) is 1. The van der Waals surface area contributed by atoms with Crippen LogP contribution in [0.5, 0.6) is 0 Å². The summed E-state index contributed by atoms with van der Waals surface area (Å²) in [6, 6.07) is 10.7. The van der Waals surface area contributed by atoms with E-state index >= 15 is 0 Å². The van der Waals surface area contributed by atoms with Crippen molar-refractivity contribution in [2.24, 2.45) is 5.92 Å². The molecule has 0 radical (unpaired) electrons. The van der Waals surface area contributed by atoms with Crippen LogP contribution in [0.15, 0.2) is 42.5 Å². The highest BCUT2D eigenvalue weighted by Crippen LogP contribution is 2.11. The minimum Gasteiger partial charge on any atom is -0.295 e. The normalized spacial score (nSPS) is 22.5. The molecule has 0 amide bonds. The summed E-state index contributed by atoms with van der Waals surface area (Å²) in [6.45, 7) is 5.63. The lowest BCUT2D eigenvalue weighted by molar-refractivity contribution is 0.258. The van der Waals surface area contributed by atoms with Gasteiger partial charge in [0.15, 0.2) is 0 Å². The largest absolute Gasteiger partial charge is 0.295 e. The Morgan fingerprint density at radius 1 is 1.29 bits per heavy atom. The van der Waals surface area contributed by atoms with Crippen molar-refractivity contribution in [3.8, 4) is 0 Å². The zero-order valence-corrected chi connectivity index (χ0v) is 8.69. The van der Waals surface area contributed by atoms with Crippen LogP contribution in [0.3, 0.4) is 0 Å². The second-order valence-corrected chi connectivity index (χ2v) is 4.09. The van der Waals surface area contributed by atoms with Crippen molar-refractivity contribution in [1.82, 2.24) is 4.90 Å². The molecule has 0 spiro atoms. The molecule has 1 heteroatoms. The quantitative estimate of drug-likeness (QED) is 0.643. The highest BCUT2D eigenvalue weighted by Gasteiger charge is 2.11. The molecule has 0 saturated carbocycles. The molecular weight excluding hydrogens is 170 g/mol. The van der Waals surface area contributed by atoms with Gasteiger partial charge in [-0.25, -0.2) is 0 Å². The zero-order chi connectivity index (χ0) is 9.80. The van der Waals surface area contributed by atoms with Gasteiger partial charge in [-0.05, 0) is 11.5 Å². The predicted octanol–water partition coefficient (Wildman–Crippen LogP) is 2.69. The Kier molecular flexibility index (Phi) is 3.00. The fourth-order valence-electron chi connectivity index (χ4n) is 1.96. The molecule has 1 atom stereocenters. The summed E-state index contributed by atoms with van der Waals surface area (Å²) in [7, 11) is 0. The van der Waals surface area contributed by atoms with Gasteiger partial charge in [0.1, 0.15) is 0 Å². The van der Waals surface area contributed by atoms with Crippen LogP contribution < -0.4 is 0 Å². The molecule has 0 aromatic heterocycles. The fraction of sp³-hybridized carbons (Fsp3) is 0.385. The van der Waals surface area contributed by atoms with Crippen LogP contribution in [0.25, 0.3) is 0 Å². The summed E-state index contributed by atoms with van der Waals surface area (Å²) in [5, 5.41) is 0. The van der Waals surface area contributed by atoms with Gasteiger partial charge in [0, 0.05) is 19.6 Å². The Bertz CT molecular complexity index is 302. The molecule has 1 aliphatic rings. The van der Waals surface area contributed by atoms with Crippen molar-refractivity contribution in [3.63, 3.8) is 0 Å². The minimum absolute atomic E-state index is 0.701. The molecule has 0 saturated heterocycles. The molecule has 74 valence electrons. The highest BCUT2D eigenvalue weighted by atomic mass is 15.1. The average molecular weight is 187 g/mol. The Morgan fingerprint density at radius 2 is 2.07 bits per heavy atom. The van der Waals surface area contributed by atoms with E-state index in [-0.39, 0.29) is 0 Å². The Balaban J connectivity index is 1.96. The number of hydrogen-bond donors (Lipinski definition) is 0. The summed E-state index contributed by atoms with van der Waals surface area (Å²) >= 11 is 0. The molecule has 1 heterocycles. The van der Waals surface area contributed by atoms with Gasteiger partial charge in [0.2, 0.25) is 0 Å². The minimum atomic E-state index is 0.701. The monoisotopic (exact) mass is 187 g/mol. The topological polar surface area (TPSA) is 3.24 Å². The second kappa shape index (κ2) is 4.43. The summed E-state index contributed by atoms with van der Waals surface area (Å²) in [6.07, 6.45) is 4.58. The first-order chi connectivity index (χ1) is 6.84. The van der Waals surface area contributed by atoms with Gasteiger partial charge in [-0.1, -0.05) is 49.4 Å². The Labute approximate surface area is 86.1 Å².